The zero-order chi connectivity index (χ0) is 20.3. The van der Waals surface area contributed by atoms with Gasteiger partial charge >= 0.3 is 0 Å². The highest BCUT2D eigenvalue weighted by Crippen LogP contribution is 2.39. The van der Waals surface area contributed by atoms with Crippen molar-refractivity contribution in [1.29, 1.82) is 0 Å². The average Bonchev–Trinajstić information content (AvgIpc) is 2.66. The highest BCUT2D eigenvalue weighted by molar-refractivity contribution is 6.37. The van der Waals surface area contributed by atoms with Gasteiger partial charge in [0.25, 0.3) is 5.69 Å². The van der Waals surface area contributed by atoms with E-state index in [1.54, 1.807) is 19.1 Å². The van der Waals surface area contributed by atoms with Gasteiger partial charge in [-0.1, -0.05) is 46.9 Å². The Labute approximate surface area is 175 Å². The van der Waals surface area contributed by atoms with E-state index >= 15 is 0 Å². The maximum atomic E-state index is 10.8. The normalized spacial score (nSPS) is 10.6. The molecule has 0 aliphatic rings. The molecule has 3 aromatic rings. The van der Waals surface area contributed by atoms with Gasteiger partial charge in [-0.25, -0.2) is 9.97 Å². The third kappa shape index (κ3) is 4.62. The van der Waals surface area contributed by atoms with Crippen molar-refractivity contribution in [2.24, 2.45) is 0 Å². The highest BCUT2D eigenvalue weighted by Gasteiger charge is 2.16. The second kappa shape index (κ2) is 8.60. The summed E-state index contributed by atoms with van der Waals surface area (Å²) in [7, 11) is 0. The first-order valence-electron chi connectivity index (χ1n) is 7.96. The molecule has 1 heterocycles. The van der Waals surface area contributed by atoms with Crippen LogP contribution >= 0.6 is 34.8 Å². The molecule has 0 saturated carbocycles. The van der Waals surface area contributed by atoms with Crippen LogP contribution in [-0.4, -0.2) is 14.9 Å². The fourth-order valence-corrected chi connectivity index (χ4v) is 3.03. The molecule has 0 aliphatic heterocycles. The molecule has 10 heteroatoms. The van der Waals surface area contributed by atoms with E-state index in [0.717, 1.165) is 5.56 Å². The van der Waals surface area contributed by atoms with Crippen molar-refractivity contribution >= 4 is 46.3 Å². The summed E-state index contributed by atoms with van der Waals surface area (Å²) in [6.45, 7) is 2.30. The van der Waals surface area contributed by atoms with Crippen LogP contribution in [-0.2, 0) is 6.54 Å². The number of nitrogens with zero attached hydrogens (tertiary/aromatic N) is 3. The van der Waals surface area contributed by atoms with Crippen LogP contribution < -0.4 is 10.1 Å². The highest BCUT2D eigenvalue weighted by atomic mass is 35.5. The minimum absolute atomic E-state index is 0.0544. The molecule has 3 rings (SSSR count). The lowest BCUT2D eigenvalue weighted by molar-refractivity contribution is -0.384. The molecule has 0 bridgehead atoms. The van der Waals surface area contributed by atoms with E-state index < -0.39 is 4.92 Å². The number of nitro benzene ring substituents is 1. The number of anilines is 1. The van der Waals surface area contributed by atoms with Crippen molar-refractivity contribution in [1.82, 2.24) is 9.97 Å². The summed E-state index contributed by atoms with van der Waals surface area (Å²) in [6, 6.07) is 9.54. The summed E-state index contributed by atoms with van der Waals surface area (Å²) in [5, 5.41) is 14.6. The molecule has 0 radical (unpaired) electrons. The van der Waals surface area contributed by atoms with Crippen LogP contribution in [0.2, 0.25) is 15.1 Å². The van der Waals surface area contributed by atoms with Crippen LogP contribution in [0.3, 0.4) is 0 Å². The molecule has 0 fully saturated rings. The van der Waals surface area contributed by atoms with Crippen molar-refractivity contribution in [3.63, 3.8) is 0 Å². The second-order valence-electron chi connectivity index (χ2n) is 5.72. The zero-order valence-corrected chi connectivity index (χ0v) is 16.7. The molecule has 2 aromatic carbocycles. The van der Waals surface area contributed by atoms with Crippen molar-refractivity contribution in [2.75, 3.05) is 5.32 Å². The topological polar surface area (TPSA) is 90.2 Å². The number of non-ortho nitro benzene ring substituents is 1. The SMILES string of the molecule is Cc1ncnc(NCc2ccc(Oc3c(Cl)cc([N+](=O)[O-])cc3Cl)cc2)c1Cl. The number of aromatic nitrogens is 2. The molecule has 0 spiro atoms. The quantitative estimate of drug-likeness (QED) is 0.371. The van der Waals surface area contributed by atoms with Crippen LogP contribution in [0.5, 0.6) is 11.5 Å². The number of nitro groups is 1. The van der Waals surface area contributed by atoms with Gasteiger partial charge in [-0.2, -0.15) is 0 Å². The van der Waals surface area contributed by atoms with Gasteiger partial charge in [0, 0.05) is 18.7 Å². The van der Waals surface area contributed by atoms with E-state index in [1.807, 2.05) is 12.1 Å². The number of hydrogen-bond acceptors (Lipinski definition) is 6. The molecule has 1 N–H and O–H groups in total. The summed E-state index contributed by atoms with van der Waals surface area (Å²) < 4.78 is 5.68. The van der Waals surface area contributed by atoms with Crippen molar-refractivity contribution in [3.8, 4) is 11.5 Å². The Kier molecular flexibility index (Phi) is 6.18. The number of halogens is 3. The Morgan fingerprint density at radius 1 is 1.11 bits per heavy atom. The predicted octanol–water partition coefficient (Wildman–Crippen LogP) is 6.06. The molecule has 0 amide bonds. The lowest BCUT2D eigenvalue weighted by atomic mass is 10.2. The third-order valence-corrected chi connectivity index (χ3v) is 4.77. The molecule has 0 saturated heterocycles. The van der Waals surface area contributed by atoms with Crippen molar-refractivity contribution < 1.29 is 9.66 Å². The summed E-state index contributed by atoms with van der Waals surface area (Å²) in [6.07, 6.45) is 1.44. The second-order valence-corrected chi connectivity index (χ2v) is 6.91. The van der Waals surface area contributed by atoms with Gasteiger partial charge in [-0.05, 0) is 24.6 Å². The number of benzene rings is 2. The Morgan fingerprint density at radius 3 is 2.36 bits per heavy atom. The summed E-state index contributed by atoms with van der Waals surface area (Å²) in [5.74, 6) is 1.19. The number of rotatable bonds is 6. The van der Waals surface area contributed by atoms with Crippen LogP contribution in [0.15, 0.2) is 42.7 Å². The number of hydrogen-bond donors (Lipinski definition) is 1. The molecule has 144 valence electrons. The van der Waals surface area contributed by atoms with Gasteiger partial charge in [0.2, 0.25) is 0 Å². The van der Waals surface area contributed by atoms with Crippen molar-refractivity contribution in [2.45, 2.75) is 13.5 Å². The minimum atomic E-state index is -0.575. The van der Waals surface area contributed by atoms with E-state index in [4.69, 9.17) is 39.5 Å². The zero-order valence-electron chi connectivity index (χ0n) is 14.4. The van der Waals surface area contributed by atoms with E-state index in [0.29, 0.717) is 28.8 Å². The Hall–Kier alpha value is -2.61. The van der Waals surface area contributed by atoms with E-state index in [9.17, 15) is 10.1 Å². The molecule has 0 aliphatic carbocycles. The molecule has 1 aromatic heterocycles. The van der Waals surface area contributed by atoms with Gasteiger partial charge in [0.15, 0.2) is 5.75 Å². The van der Waals surface area contributed by atoms with Gasteiger partial charge in [0.05, 0.1) is 20.7 Å². The smallest absolute Gasteiger partial charge is 0.272 e. The first kappa shape index (κ1) is 20.1. The maximum Gasteiger partial charge on any atom is 0.272 e. The van der Waals surface area contributed by atoms with Gasteiger partial charge in [-0.15, -0.1) is 0 Å². The average molecular weight is 440 g/mol. The molecule has 0 atom stereocenters. The first-order chi connectivity index (χ1) is 13.3. The van der Waals surface area contributed by atoms with Crippen LogP contribution in [0.25, 0.3) is 0 Å². The van der Waals surface area contributed by atoms with Gasteiger partial charge < -0.3 is 10.1 Å². The van der Waals surface area contributed by atoms with Crippen molar-refractivity contribution in [3.05, 3.63) is 79.2 Å². The first-order valence-corrected chi connectivity index (χ1v) is 9.09. The molecular weight excluding hydrogens is 427 g/mol. The fourth-order valence-electron chi connectivity index (χ4n) is 2.31. The Balaban J connectivity index is 1.70. The fraction of sp³-hybridized carbons (Fsp3) is 0.111. The van der Waals surface area contributed by atoms with Crippen LogP contribution in [0.1, 0.15) is 11.3 Å². The molecule has 28 heavy (non-hydrogen) atoms. The number of aryl methyl sites for hydroxylation is 1. The number of ether oxygens (including phenoxy) is 1. The minimum Gasteiger partial charge on any atom is -0.454 e. The van der Waals surface area contributed by atoms with Gasteiger partial charge in [-0.3, -0.25) is 10.1 Å². The molecule has 0 unspecified atom stereocenters. The standard InChI is InChI=1S/C18H13Cl3N4O3/c1-10-16(21)18(24-9-23-10)22-8-11-2-4-13(5-3-11)28-17-14(19)6-12(25(26)27)7-15(17)20/h2-7,9H,8H2,1H3,(H,22,23,24). The van der Waals surface area contributed by atoms with Crippen LogP contribution in [0, 0.1) is 17.0 Å². The van der Waals surface area contributed by atoms with Gasteiger partial charge in [0.1, 0.15) is 22.9 Å². The Morgan fingerprint density at radius 2 is 1.75 bits per heavy atom. The number of nitrogens with one attached hydrogen (secondary N) is 1. The largest absolute Gasteiger partial charge is 0.454 e. The van der Waals surface area contributed by atoms with E-state index in [1.165, 1.54) is 18.5 Å². The monoisotopic (exact) mass is 438 g/mol. The summed E-state index contributed by atoms with van der Waals surface area (Å²) >= 11 is 18.3. The summed E-state index contributed by atoms with van der Waals surface area (Å²) in [4.78, 5) is 18.4. The third-order valence-electron chi connectivity index (χ3n) is 3.76. The van der Waals surface area contributed by atoms with Crippen LogP contribution in [0.4, 0.5) is 11.5 Å². The summed E-state index contributed by atoms with van der Waals surface area (Å²) in [5.41, 5.74) is 1.45. The maximum absolute atomic E-state index is 10.8. The van der Waals surface area contributed by atoms with E-state index in [-0.39, 0.29) is 21.5 Å². The predicted molar refractivity (Wildman–Crippen MR) is 109 cm³/mol. The molecular formula is C18H13Cl3N4O3. The van der Waals surface area contributed by atoms with E-state index in [2.05, 4.69) is 15.3 Å². The molecule has 7 nitrogen and oxygen atoms in total. The Bertz CT molecular complexity index is 1010. The lowest BCUT2D eigenvalue weighted by Crippen LogP contribution is -2.03. The lowest BCUT2D eigenvalue weighted by Gasteiger charge is -2.11.